The van der Waals surface area contributed by atoms with Gasteiger partial charge >= 0.3 is 0 Å². The van der Waals surface area contributed by atoms with Crippen molar-refractivity contribution in [1.29, 1.82) is 0 Å². The molecule has 0 aromatic carbocycles. The lowest BCUT2D eigenvalue weighted by molar-refractivity contribution is 0.578. The molecule has 11 heavy (non-hydrogen) atoms. The zero-order valence-corrected chi connectivity index (χ0v) is 7.23. The number of thiazole rings is 1. The van der Waals surface area contributed by atoms with Crippen LogP contribution in [0.15, 0.2) is 11.6 Å². The van der Waals surface area contributed by atoms with Gasteiger partial charge in [-0.3, -0.25) is 0 Å². The Balaban J connectivity index is 1.90. The molecule has 0 radical (unpaired) electrons. The minimum atomic E-state index is 0.834. The first-order chi connectivity index (χ1) is 5.45. The summed E-state index contributed by atoms with van der Waals surface area (Å²) >= 11 is 1.77. The van der Waals surface area contributed by atoms with Gasteiger partial charge in [-0.1, -0.05) is 0 Å². The van der Waals surface area contributed by atoms with Crippen LogP contribution in [-0.2, 0) is 6.42 Å². The summed E-state index contributed by atoms with van der Waals surface area (Å²) in [6.07, 6.45) is 4.38. The SMILES string of the molecule is c1csc(CC2CCNC2)n1. The summed E-state index contributed by atoms with van der Waals surface area (Å²) in [6.45, 7) is 2.37. The van der Waals surface area contributed by atoms with Crippen molar-refractivity contribution in [3.05, 3.63) is 16.6 Å². The molecule has 0 amide bonds. The Morgan fingerprint density at radius 2 is 2.73 bits per heavy atom. The zero-order valence-electron chi connectivity index (χ0n) is 6.42. The van der Waals surface area contributed by atoms with Gasteiger partial charge in [0.25, 0.3) is 0 Å². The normalized spacial score (nSPS) is 24.2. The minimum Gasteiger partial charge on any atom is -0.316 e. The fourth-order valence-corrected chi connectivity index (χ4v) is 2.22. The highest BCUT2D eigenvalue weighted by Gasteiger charge is 2.15. The van der Waals surface area contributed by atoms with Gasteiger partial charge in [0.2, 0.25) is 0 Å². The number of hydrogen-bond acceptors (Lipinski definition) is 3. The van der Waals surface area contributed by atoms with Gasteiger partial charge in [0.05, 0.1) is 5.01 Å². The fraction of sp³-hybridized carbons (Fsp3) is 0.625. The van der Waals surface area contributed by atoms with Gasteiger partial charge in [0.15, 0.2) is 0 Å². The predicted molar refractivity (Wildman–Crippen MR) is 46.8 cm³/mol. The van der Waals surface area contributed by atoms with Gasteiger partial charge in [-0.2, -0.15) is 0 Å². The maximum Gasteiger partial charge on any atom is 0.0928 e. The van der Waals surface area contributed by atoms with Crippen molar-refractivity contribution in [2.75, 3.05) is 13.1 Å². The Labute approximate surface area is 70.7 Å². The molecule has 2 nitrogen and oxygen atoms in total. The van der Waals surface area contributed by atoms with Crippen LogP contribution in [0.2, 0.25) is 0 Å². The van der Waals surface area contributed by atoms with E-state index in [1.807, 2.05) is 6.20 Å². The van der Waals surface area contributed by atoms with E-state index in [1.54, 1.807) is 11.3 Å². The van der Waals surface area contributed by atoms with Crippen LogP contribution in [0.25, 0.3) is 0 Å². The van der Waals surface area contributed by atoms with Gasteiger partial charge < -0.3 is 5.32 Å². The molecule has 1 unspecified atom stereocenters. The largest absolute Gasteiger partial charge is 0.316 e. The van der Waals surface area contributed by atoms with Crippen molar-refractivity contribution >= 4 is 11.3 Å². The summed E-state index contributed by atoms with van der Waals surface area (Å²) in [7, 11) is 0. The van der Waals surface area contributed by atoms with Crippen LogP contribution in [-0.4, -0.2) is 18.1 Å². The van der Waals surface area contributed by atoms with Gasteiger partial charge in [-0.05, 0) is 25.4 Å². The smallest absolute Gasteiger partial charge is 0.0928 e. The van der Waals surface area contributed by atoms with Crippen molar-refractivity contribution in [3.63, 3.8) is 0 Å². The molecule has 2 heterocycles. The molecule has 1 aromatic rings. The van der Waals surface area contributed by atoms with E-state index in [2.05, 4.69) is 15.7 Å². The Morgan fingerprint density at radius 3 is 3.36 bits per heavy atom. The third-order valence-electron chi connectivity index (χ3n) is 2.11. The summed E-state index contributed by atoms with van der Waals surface area (Å²) in [5, 5.41) is 6.71. The van der Waals surface area contributed by atoms with Crippen LogP contribution < -0.4 is 5.32 Å². The highest BCUT2D eigenvalue weighted by Crippen LogP contribution is 2.16. The number of nitrogens with one attached hydrogen (secondary N) is 1. The Bertz CT molecular complexity index is 202. The zero-order chi connectivity index (χ0) is 7.52. The van der Waals surface area contributed by atoms with Crippen LogP contribution in [0.5, 0.6) is 0 Å². The molecule has 1 fully saturated rings. The molecule has 0 aliphatic carbocycles. The fourth-order valence-electron chi connectivity index (χ4n) is 1.49. The van der Waals surface area contributed by atoms with Crippen LogP contribution in [0.4, 0.5) is 0 Å². The molecule has 1 atom stereocenters. The molecule has 1 aliphatic rings. The van der Waals surface area contributed by atoms with Crippen molar-refractivity contribution in [3.8, 4) is 0 Å². The monoisotopic (exact) mass is 168 g/mol. The maximum absolute atomic E-state index is 4.27. The lowest BCUT2D eigenvalue weighted by atomic mass is 10.1. The van der Waals surface area contributed by atoms with E-state index >= 15 is 0 Å². The molecular weight excluding hydrogens is 156 g/mol. The van der Waals surface area contributed by atoms with Gasteiger partial charge in [0.1, 0.15) is 0 Å². The predicted octanol–water partition coefficient (Wildman–Crippen LogP) is 1.30. The first kappa shape index (κ1) is 7.25. The third-order valence-corrected chi connectivity index (χ3v) is 2.91. The molecule has 2 rings (SSSR count). The van der Waals surface area contributed by atoms with Crippen molar-refractivity contribution < 1.29 is 0 Å². The average Bonchev–Trinajstić information content (AvgIpc) is 2.60. The molecule has 1 aromatic heterocycles. The second kappa shape index (κ2) is 3.32. The van der Waals surface area contributed by atoms with E-state index in [4.69, 9.17) is 0 Å². The van der Waals surface area contributed by atoms with Crippen molar-refractivity contribution in [2.45, 2.75) is 12.8 Å². The standard InChI is InChI=1S/C8H12N2S/c1-2-9-6-7(1)5-8-10-3-4-11-8/h3-4,7,9H,1-2,5-6H2. The lowest BCUT2D eigenvalue weighted by Crippen LogP contribution is -2.10. The molecule has 1 N–H and O–H groups in total. The second-order valence-corrected chi connectivity index (χ2v) is 3.97. The first-order valence-electron chi connectivity index (χ1n) is 4.04. The van der Waals surface area contributed by atoms with E-state index in [0.29, 0.717) is 0 Å². The Morgan fingerprint density at radius 1 is 1.73 bits per heavy atom. The molecular formula is C8H12N2S. The number of hydrogen-bond donors (Lipinski definition) is 1. The molecule has 60 valence electrons. The summed E-state index contributed by atoms with van der Waals surface area (Å²) in [6, 6.07) is 0. The minimum absolute atomic E-state index is 0.834. The number of nitrogens with zero attached hydrogens (tertiary/aromatic N) is 1. The topological polar surface area (TPSA) is 24.9 Å². The van der Waals surface area contributed by atoms with Gasteiger partial charge in [-0.25, -0.2) is 4.98 Å². The highest BCUT2D eigenvalue weighted by molar-refractivity contribution is 7.09. The lowest BCUT2D eigenvalue weighted by Gasteiger charge is -2.03. The van der Waals surface area contributed by atoms with Crippen LogP contribution in [0.3, 0.4) is 0 Å². The maximum atomic E-state index is 4.27. The Kier molecular flexibility index (Phi) is 2.19. The Hall–Kier alpha value is -0.410. The summed E-state index contributed by atoms with van der Waals surface area (Å²) < 4.78 is 0. The molecule has 3 heteroatoms. The summed E-state index contributed by atoms with van der Waals surface area (Å²) in [5.41, 5.74) is 0. The molecule has 0 saturated carbocycles. The third kappa shape index (κ3) is 1.79. The quantitative estimate of drug-likeness (QED) is 0.720. The second-order valence-electron chi connectivity index (χ2n) is 2.99. The number of rotatable bonds is 2. The van der Waals surface area contributed by atoms with Crippen molar-refractivity contribution in [1.82, 2.24) is 10.3 Å². The summed E-state index contributed by atoms with van der Waals surface area (Å²) in [4.78, 5) is 4.27. The van der Waals surface area contributed by atoms with Crippen LogP contribution >= 0.6 is 11.3 Å². The first-order valence-corrected chi connectivity index (χ1v) is 4.92. The van der Waals surface area contributed by atoms with Crippen LogP contribution in [0, 0.1) is 5.92 Å². The molecule has 1 aliphatic heterocycles. The number of aromatic nitrogens is 1. The van der Waals surface area contributed by atoms with E-state index in [-0.39, 0.29) is 0 Å². The molecule has 1 saturated heterocycles. The summed E-state index contributed by atoms with van der Waals surface area (Å²) in [5.74, 6) is 0.834. The van der Waals surface area contributed by atoms with Crippen LogP contribution in [0.1, 0.15) is 11.4 Å². The highest BCUT2D eigenvalue weighted by atomic mass is 32.1. The van der Waals surface area contributed by atoms with Crippen molar-refractivity contribution in [2.24, 2.45) is 5.92 Å². The molecule has 0 spiro atoms. The van der Waals surface area contributed by atoms with E-state index in [9.17, 15) is 0 Å². The average molecular weight is 168 g/mol. The van der Waals surface area contributed by atoms with E-state index in [0.717, 1.165) is 5.92 Å². The molecule has 0 bridgehead atoms. The van der Waals surface area contributed by atoms with Gasteiger partial charge in [0, 0.05) is 18.0 Å². The van der Waals surface area contributed by atoms with E-state index in [1.165, 1.54) is 30.9 Å². The van der Waals surface area contributed by atoms with Gasteiger partial charge in [-0.15, -0.1) is 11.3 Å². The van der Waals surface area contributed by atoms with E-state index < -0.39 is 0 Å².